The Bertz CT molecular complexity index is 414. The topological polar surface area (TPSA) is 39.7 Å². The van der Waals surface area contributed by atoms with Gasteiger partial charge in [-0.1, -0.05) is 12.1 Å². The van der Waals surface area contributed by atoms with Gasteiger partial charge in [0.25, 0.3) is 0 Å². The molecular formula is C16H25NO3. The van der Waals surface area contributed by atoms with Crippen LogP contribution in [-0.4, -0.2) is 39.7 Å². The van der Waals surface area contributed by atoms with Crippen LogP contribution in [0.15, 0.2) is 24.3 Å². The first kappa shape index (κ1) is 15.3. The summed E-state index contributed by atoms with van der Waals surface area (Å²) < 4.78 is 15.8. The van der Waals surface area contributed by atoms with E-state index in [-0.39, 0.29) is 12.3 Å². The lowest BCUT2D eigenvalue weighted by atomic mass is 9.75. The van der Waals surface area contributed by atoms with Crippen molar-refractivity contribution in [2.24, 2.45) is 0 Å². The molecule has 112 valence electrons. The maximum Gasteiger partial charge on any atom is 0.171 e. The van der Waals surface area contributed by atoms with E-state index in [1.807, 2.05) is 6.07 Å². The summed E-state index contributed by atoms with van der Waals surface area (Å²) in [7, 11) is 5.06. The molecule has 1 N–H and O–H groups in total. The number of rotatable bonds is 7. The van der Waals surface area contributed by atoms with Gasteiger partial charge in [0.05, 0.1) is 13.2 Å². The van der Waals surface area contributed by atoms with E-state index >= 15 is 0 Å². The molecule has 0 aromatic heterocycles. The number of methoxy groups -OCH3 is 3. The van der Waals surface area contributed by atoms with Crippen LogP contribution in [-0.2, 0) is 9.47 Å². The zero-order valence-corrected chi connectivity index (χ0v) is 12.8. The average molecular weight is 279 g/mol. The van der Waals surface area contributed by atoms with Gasteiger partial charge in [-0.2, -0.15) is 0 Å². The van der Waals surface area contributed by atoms with Gasteiger partial charge in [-0.15, -0.1) is 0 Å². The molecular weight excluding hydrogens is 254 g/mol. The fourth-order valence-electron chi connectivity index (χ4n) is 2.88. The molecule has 1 unspecified atom stereocenters. The minimum absolute atomic E-state index is 0.189. The summed E-state index contributed by atoms with van der Waals surface area (Å²) in [5, 5.41) is 3.57. The first-order valence-corrected chi connectivity index (χ1v) is 7.13. The summed E-state index contributed by atoms with van der Waals surface area (Å²) in [4.78, 5) is 0. The van der Waals surface area contributed by atoms with Crippen molar-refractivity contribution in [3.63, 3.8) is 0 Å². The quantitative estimate of drug-likeness (QED) is 0.779. The van der Waals surface area contributed by atoms with Crippen molar-refractivity contribution in [2.45, 2.75) is 44.1 Å². The zero-order chi connectivity index (χ0) is 14.5. The van der Waals surface area contributed by atoms with Crippen molar-refractivity contribution in [1.82, 2.24) is 5.32 Å². The van der Waals surface area contributed by atoms with Crippen molar-refractivity contribution in [1.29, 1.82) is 0 Å². The van der Waals surface area contributed by atoms with Crippen LogP contribution < -0.4 is 10.1 Å². The third-order valence-electron chi connectivity index (χ3n) is 4.07. The number of benzene rings is 1. The molecule has 0 spiro atoms. The lowest BCUT2D eigenvalue weighted by Crippen LogP contribution is -2.49. The molecule has 1 aliphatic rings. The molecule has 2 rings (SSSR count). The average Bonchev–Trinajstić information content (AvgIpc) is 2.43. The maximum absolute atomic E-state index is 5.28. The second-order valence-electron chi connectivity index (χ2n) is 5.44. The van der Waals surface area contributed by atoms with Gasteiger partial charge < -0.3 is 19.5 Å². The van der Waals surface area contributed by atoms with Crippen molar-refractivity contribution >= 4 is 0 Å². The highest BCUT2D eigenvalue weighted by Gasteiger charge is 2.32. The number of ether oxygens (including phenoxy) is 3. The molecule has 1 atom stereocenters. The van der Waals surface area contributed by atoms with Gasteiger partial charge in [0.2, 0.25) is 0 Å². The second-order valence-corrected chi connectivity index (χ2v) is 5.44. The van der Waals surface area contributed by atoms with Gasteiger partial charge in [0.15, 0.2) is 6.29 Å². The summed E-state index contributed by atoms with van der Waals surface area (Å²) in [5.41, 5.74) is 1.37. The Morgan fingerprint density at radius 2 is 1.85 bits per heavy atom. The fraction of sp³-hybridized carbons (Fsp3) is 0.625. The van der Waals surface area contributed by atoms with Crippen molar-refractivity contribution in [3.8, 4) is 5.75 Å². The van der Waals surface area contributed by atoms with Crippen molar-refractivity contribution in [3.05, 3.63) is 29.8 Å². The third kappa shape index (κ3) is 3.51. The highest BCUT2D eigenvalue weighted by Crippen LogP contribution is 2.38. The monoisotopic (exact) mass is 279 g/mol. The van der Waals surface area contributed by atoms with Crippen LogP contribution in [0.2, 0.25) is 0 Å². The van der Waals surface area contributed by atoms with Crippen molar-refractivity contribution < 1.29 is 14.2 Å². The molecule has 0 amide bonds. The highest BCUT2D eigenvalue weighted by molar-refractivity contribution is 5.32. The van der Waals surface area contributed by atoms with Gasteiger partial charge in [0, 0.05) is 20.3 Å². The minimum atomic E-state index is -0.189. The summed E-state index contributed by atoms with van der Waals surface area (Å²) in [6, 6.07) is 9.10. The summed E-state index contributed by atoms with van der Waals surface area (Å²) in [6.07, 6.45) is 2.11. The standard InChI is InChI=1S/C16H25NO3/c1-11(16(19-3)20-4)17-14-8-13(9-14)12-6-5-7-15(10-12)18-2/h5-7,10-11,13-14,16-17H,8-9H2,1-4H3. The maximum atomic E-state index is 5.28. The smallest absolute Gasteiger partial charge is 0.171 e. The summed E-state index contributed by atoms with van der Waals surface area (Å²) in [6.45, 7) is 2.09. The van der Waals surface area contributed by atoms with Crippen molar-refractivity contribution in [2.75, 3.05) is 21.3 Å². The number of hydrogen-bond acceptors (Lipinski definition) is 4. The third-order valence-corrected chi connectivity index (χ3v) is 4.07. The lowest BCUT2D eigenvalue weighted by molar-refractivity contribution is -0.122. The van der Waals surface area contributed by atoms with Gasteiger partial charge in [-0.25, -0.2) is 0 Å². The molecule has 1 aliphatic carbocycles. The van der Waals surface area contributed by atoms with Crippen LogP contribution in [0.5, 0.6) is 5.75 Å². The Hall–Kier alpha value is -1.10. The molecule has 1 fully saturated rings. The lowest BCUT2D eigenvalue weighted by Gasteiger charge is -2.39. The molecule has 4 heteroatoms. The van der Waals surface area contributed by atoms with Gasteiger partial charge >= 0.3 is 0 Å². The van der Waals surface area contributed by atoms with E-state index in [2.05, 4.69) is 30.4 Å². The first-order chi connectivity index (χ1) is 9.67. The van der Waals surface area contributed by atoms with Crippen LogP contribution >= 0.6 is 0 Å². The number of nitrogens with one attached hydrogen (secondary N) is 1. The first-order valence-electron chi connectivity index (χ1n) is 7.13. The van der Waals surface area contributed by atoms with Crippen LogP contribution in [0.3, 0.4) is 0 Å². The highest BCUT2D eigenvalue weighted by atomic mass is 16.7. The normalized spacial score (nSPS) is 23.4. The molecule has 20 heavy (non-hydrogen) atoms. The Balaban J connectivity index is 1.82. The van der Waals surface area contributed by atoms with Gasteiger partial charge in [-0.3, -0.25) is 0 Å². The fourth-order valence-corrected chi connectivity index (χ4v) is 2.88. The van der Waals surface area contributed by atoms with Crippen LogP contribution in [0.1, 0.15) is 31.2 Å². The Labute approximate surface area is 121 Å². The summed E-state index contributed by atoms with van der Waals surface area (Å²) in [5.74, 6) is 1.56. The SMILES string of the molecule is COc1cccc(C2CC(NC(C)C(OC)OC)C2)c1. The predicted molar refractivity (Wildman–Crippen MR) is 79.2 cm³/mol. The molecule has 1 aromatic rings. The molecule has 0 radical (unpaired) electrons. The number of hydrogen-bond donors (Lipinski definition) is 1. The summed E-state index contributed by atoms with van der Waals surface area (Å²) >= 11 is 0. The van der Waals surface area contributed by atoms with E-state index in [9.17, 15) is 0 Å². The Morgan fingerprint density at radius 3 is 2.45 bits per heavy atom. The minimum Gasteiger partial charge on any atom is -0.497 e. The molecule has 0 heterocycles. The van der Waals surface area contributed by atoms with Gasteiger partial charge in [-0.05, 0) is 43.4 Å². The van der Waals surface area contributed by atoms with Crippen LogP contribution in [0, 0.1) is 0 Å². The van der Waals surface area contributed by atoms with E-state index in [0.29, 0.717) is 12.0 Å². The molecule has 1 saturated carbocycles. The van der Waals surface area contributed by atoms with E-state index in [4.69, 9.17) is 14.2 Å². The Kier molecular flexibility index (Phi) is 5.40. The Morgan fingerprint density at radius 1 is 1.15 bits per heavy atom. The van der Waals surface area contributed by atoms with E-state index < -0.39 is 0 Å². The molecule has 1 aromatic carbocycles. The largest absolute Gasteiger partial charge is 0.497 e. The van der Waals surface area contributed by atoms with E-state index in [1.54, 1.807) is 21.3 Å². The molecule has 0 aliphatic heterocycles. The van der Waals surface area contributed by atoms with Gasteiger partial charge in [0.1, 0.15) is 5.75 Å². The van der Waals surface area contributed by atoms with E-state index in [0.717, 1.165) is 18.6 Å². The molecule has 0 saturated heterocycles. The van der Waals surface area contributed by atoms with Crippen LogP contribution in [0.25, 0.3) is 0 Å². The zero-order valence-electron chi connectivity index (χ0n) is 12.8. The predicted octanol–water partition coefficient (Wildman–Crippen LogP) is 2.54. The van der Waals surface area contributed by atoms with E-state index in [1.165, 1.54) is 5.56 Å². The second kappa shape index (κ2) is 7.07. The van der Waals surface area contributed by atoms with Crippen LogP contribution in [0.4, 0.5) is 0 Å². The molecule has 4 nitrogen and oxygen atoms in total. The molecule has 0 bridgehead atoms.